The van der Waals surface area contributed by atoms with Crippen LogP contribution in [0.15, 0.2) is 30.3 Å². The summed E-state index contributed by atoms with van der Waals surface area (Å²) in [6.07, 6.45) is 0. The van der Waals surface area contributed by atoms with Crippen molar-refractivity contribution in [3.05, 3.63) is 30.3 Å². The van der Waals surface area contributed by atoms with Gasteiger partial charge in [-0.2, -0.15) is 0 Å². The Bertz CT molecular complexity index is 316. The Labute approximate surface area is 84.4 Å². The molecular weight excluding hydrogens is 194 g/mol. The van der Waals surface area contributed by atoms with E-state index >= 15 is 0 Å². The van der Waals surface area contributed by atoms with E-state index in [0.717, 1.165) is 17.0 Å². The number of nitrogens with zero attached hydrogens (tertiary/aromatic N) is 1. The van der Waals surface area contributed by atoms with Crippen molar-refractivity contribution >= 4 is 25.2 Å². The van der Waals surface area contributed by atoms with E-state index in [-0.39, 0.29) is 0 Å². The van der Waals surface area contributed by atoms with Gasteiger partial charge in [0.15, 0.2) is 0 Å². The van der Waals surface area contributed by atoms with E-state index in [0.29, 0.717) is 0 Å². The molecule has 0 heterocycles. The fourth-order valence-electron chi connectivity index (χ4n) is 1.34. The average Bonchev–Trinajstić information content (AvgIpc) is 2.22. The molecule has 0 aliphatic heterocycles. The summed E-state index contributed by atoms with van der Waals surface area (Å²) < 4.78 is 1.74. The third-order valence-electron chi connectivity index (χ3n) is 2.34. The van der Waals surface area contributed by atoms with Crippen LogP contribution in [0, 0.1) is 0 Å². The lowest BCUT2D eigenvalue weighted by atomic mass is 10.4. The predicted molar refractivity (Wildman–Crippen MR) is 59.0 cm³/mol. The largest absolute Gasteiger partial charge is 0.315 e. The number of hydrogen-bond donors (Lipinski definition) is 0. The van der Waals surface area contributed by atoms with Crippen LogP contribution in [0.1, 0.15) is 0 Å². The summed E-state index contributed by atoms with van der Waals surface area (Å²) in [5, 5.41) is 0.829. The zero-order valence-corrected chi connectivity index (χ0v) is 9.31. The zero-order valence-electron chi connectivity index (χ0n) is 8.31. The van der Waals surface area contributed by atoms with Crippen molar-refractivity contribution in [1.29, 1.82) is 0 Å². The molecule has 1 aromatic rings. The lowest BCUT2D eigenvalue weighted by Crippen LogP contribution is -2.63. The smallest absolute Gasteiger partial charge is 0.299 e. The molecule has 0 fully saturated rings. The second-order valence-electron chi connectivity index (χ2n) is 3.32. The predicted octanol–water partition coefficient (Wildman–Crippen LogP) is -0.0555. The van der Waals surface area contributed by atoms with E-state index in [1.807, 2.05) is 30.3 Å². The van der Waals surface area contributed by atoms with E-state index in [2.05, 4.69) is 0 Å². The minimum atomic E-state index is -2.72. The van der Waals surface area contributed by atoms with Gasteiger partial charge in [-0.1, -0.05) is 30.3 Å². The minimum Gasteiger partial charge on any atom is -0.315 e. The number of benzene rings is 1. The van der Waals surface area contributed by atoms with Crippen molar-refractivity contribution < 1.29 is 9.59 Å². The van der Waals surface area contributed by atoms with Crippen molar-refractivity contribution in [3.8, 4) is 0 Å². The highest BCUT2D eigenvalue weighted by Crippen LogP contribution is 2.00. The van der Waals surface area contributed by atoms with Gasteiger partial charge in [-0.05, 0) is 19.3 Å². The van der Waals surface area contributed by atoms with Crippen LogP contribution in [0.4, 0.5) is 0 Å². The molecule has 0 aromatic heterocycles. The fraction of sp³-hybridized carbons (Fsp3) is 0.200. The summed E-state index contributed by atoms with van der Waals surface area (Å²) in [6.45, 7) is 0. The number of carbonyl (C=O) groups is 2. The molecule has 0 amide bonds. The van der Waals surface area contributed by atoms with Crippen molar-refractivity contribution in [2.45, 2.75) is 0 Å². The van der Waals surface area contributed by atoms with E-state index in [1.165, 1.54) is 0 Å². The van der Waals surface area contributed by atoms with Crippen LogP contribution in [0.2, 0.25) is 0 Å². The number of carbonyl (C=O) groups excluding carboxylic acids is 2. The van der Waals surface area contributed by atoms with Gasteiger partial charge in [-0.3, -0.25) is 0 Å². The number of hydrogen-bond acceptors (Lipinski definition) is 3. The molecule has 0 aliphatic rings. The molecular formula is C10H13NO2Si. The Hall–Kier alpha value is -1.26. The summed E-state index contributed by atoms with van der Waals surface area (Å²) >= 11 is 0. The van der Waals surface area contributed by atoms with Crippen LogP contribution in [0.5, 0.6) is 0 Å². The molecule has 0 aliphatic carbocycles. The molecule has 74 valence electrons. The van der Waals surface area contributed by atoms with Crippen molar-refractivity contribution in [3.63, 3.8) is 0 Å². The van der Waals surface area contributed by atoms with Gasteiger partial charge in [0.05, 0.1) is 0 Å². The first kappa shape index (κ1) is 10.8. The van der Waals surface area contributed by atoms with Gasteiger partial charge in [-0.15, -0.1) is 0 Å². The molecule has 4 heteroatoms. The average molecular weight is 207 g/mol. The van der Waals surface area contributed by atoms with E-state index in [1.54, 1.807) is 18.7 Å². The third-order valence-corrected chi connectivity index (χ3v) is 5.79. The Morgan fingerprint density at radius 1 is 1.07 bits per heavy atom. The third kappa shape index (κ3) is 1.66. The molecule has 0 saturated carbocycles. The quantitative estimate of drug-likeness (QED) is 0.513. The van der Waals surface area contributed by atoms with Crippen molar-refractivity contribution in [2.24, 2.45) is 0 Å². The first-order valence-corrected chi connectivity index (χ1v) is 6.43. The Morgan fingerprint density at radius 2 is 1.57 bits per heavy atom. The Morgan fingerprint density at radius 3 is 1.93 bits per heavy atom. The Kier molecular flexibility index (Phi) is 3.32. The maximum atomic E-state index is 11.1. The fourth-order valence-corrected chi connectivity index (χ4v) is 3.33. The topological polar surface area (TPSA) is 37.4 Å². The van der Waals surface area contributed by atoms with Gasteiger partial charge in [0, 0.05) is 0 Å². The zero-order chi connectivity index (χ0) is 10.6. The second-order valence-corrected chi connectivity index (χ2v) is 6.92. The SMILES string of the molecule is CN(C)[Si](C=O)(C=O)c1ccccc1. The van der Waals surface area contributed by atoms with Crippen LogP contribution < -0.4 is 5.19 Å². The van der Waals surface area contributed by atoms with Crippen LogP contribution in [0.25, 0.3) is 0 Å². The summed E-state index contributed by atoms with van der Waals surface area (Å²) in [5.41, 5.74) is 0. The first-order chi connectivity index (χ1) is 6.67. The second kappa shape index (κ2) is 4.30. The minimum absolute atomic E-state index is 0.801. The summed E-state index contributed by atoms with van der Waals surface area (Å²) in [6, 6.07) is 9.21. The van der Waals surface area contributed by atoms with Crippen molar-refractivity contribution in [2.75, 3.05) is 14.1 Å². The van der Waals surface area contributed by atoms with Gasteiger partial charge in [0.1, 0.15) is 11.8 Å². The maximum Gasteiger partial charge on any atom is 0.299 e. The molecule has 0 atom stereocenters. The molecule has 14 heavy (non-hydrogen) atoms. The molecule has 0 unspecified atom stereocenters. The summed E-state index contributed by atoms with van der Waals surface area (Å²) in [5.74, 6) is 1.60. The molecule has 0 saturated heterocycles. The molecule has 0 N–H and O–H groups in total. The van der Waals surface area contributed by atoms with Gasteiger partial charge in [0.25, 0.3) is 8.24 Å². The van der Waals surface area contributed by atoms with E-state index in [4.69, 9.17) is 0 Å². The van der Waals surface area contributed by atoms with Gasteiger partial charge in [-0.25, -0.2) is 0 Å². The molecule has 1 rings (SSSR count). The van der Waals surface area contributed by atoms with Gasteiger partial charge >= 0.3 is 0 Å². The maximum absolute atomic E-state index is 11.1. The van der Waals surface area contributed by atoms with Crippen LogP contribution >= 0.6 is 0 Å². The molecule has 0 spiro atoms. The monoisotopic (exact) mass is 207 g/mol. The standard InChI is InChI=1S/C10H13NO2Si/c1-11(2)14(8-12,9-13)10-6-4-3-5-7-10/h3-9H,1-2H3. The first-order valence-electron chi connectivity index (χ1n) is 4.33. The highest BCUT2D eigenvalue weighted by atomic mass is 28.3. The van der Waals surface area contributed by atoms with E-state index < -0.39 is 8.24 Å². The molecule has 0 radical (unpaired) electrons. The normalized spacial score (nSPS) is 11.4. The summed E-state index contributed by atoms with van der Waals surface area (Å²) in [4.78, 5) is 22.2. The number of rotatable bonds is 4. The summed E-state index contributed by atoms with van der Waals surface area (Å²) in [7, 11) is 0.807. The van der Waals surface area contributed by atoms with Gasteiger partial charge in [0.2, 0.25) is 0 Å². The lowest BCUT2D eigenvalue weighted by Gasteiger charge is -2.26. The molecule has 3 nitrogen and oxygen atoms in total. The highest BCUT2D eigenvalue weighted by molar-refractivity contribution is 7.24. The van der Waals surface area contributed by atoms with Crippen LogP contribution in [-0.2, 0) is 9.59 Å². The highest BCUT2D eigenvalue weighted by Gasteiger charge is 2.38. The Balaban J connectivity index is 3.24. The lowest BCUT2D eigenvalue weighted by molar-refractivity contribution is 0.548. The van der Waals surface area contributed by atoms with Crippen molar-refractivity contribution in [1.82, 2.24) is 4.57 Å². The molecule has 0 bridgehead atoms. The van der Waals surface area contributed by atoms with E-state index in [9.17, 15) is 9.59 Å². The van der Waals surface area contributed by atoms with Crippen LogP contribution in [0.3, 0.4) is 0 Å². The molecule has 1 aromatic carbocycles. The van der Waals surface area contributed by atoms with Crippen LogP contribution in [-0.4, -0.2) is 38.7 Å². The van der Waals surface area contributed by atoms with Gasteiger partial charge < -0.3 is 14.2 Å².